The molecule has 3 aromatic carbocycles. The summed E-state index contributed by atoms with van der Waals surface area (Å²) < 4.78 is 13.9. The quantitative estimate of drug-likeness (QED) is 0.337. The summed E-state index contributed by atoms with van der Waals surface area (Å²) in [5.41, 5.74) is 5.02. The first-order valence-electron chi connectivity index (χ1n) is 12.4. The third-order valence-electron chi connectivity index (χ3n) is 6.81. The predicted octanol–water partition coefficient (Wildman–Crippen LogP) is 6.52. The van der Waals surface area contributed by atoms with Gasteiger partial charge in [-0.05, 0) is 56.1 Å². The first-order chi connectivity index (χ1) is 17.1. The molecule has 1 amide bonds. The smallest absolute Gasteiger partial charge is 0.252 e. The second kappa shape index (κ2) is 10.4. The molecule has 5 heteroatoms. The van der Waals surface area contributed by atoms with Crippen LogP contribution in [-0.2, 0) is 6.54 Å². The molecule has 1 atom stereocenters. The normalized spacial score (nSPS) is 14.8. The molecule has 1 aliphatic rings. The Morgan fingerprint density at radius 2 is 1.74 bits per heavy atom. The summed E-state index contributed by atoms with van der Waals surface area (Å²) in [5, 5.41) is 4.05. The van der Waals surface area contributed by atoms with Crippen LogP contribution in [-0.4, -0.2) is 28.9 Å². The van der Waals surface area contributed by atoms with Crippen LogP contribution < -0.4 is 5.32 Å². The fourth-order valence-corrected chi connectivity index (χ4v) is 5.04. The van der Waals surface area contributed by atoms with E-state index in [0.717, 1.165) is 46.4 Å². The first kappa shape index (κ1) is 23.2. The summed E-state index contributed by atoms with van der Waals surface area (Å²) in [5.74, 6) is -0.447. The van der Waals surface area contributed by atoms with Crippen LogP contribution in [0.15, 0.2) is 78.9 Å². The van der Waals surface area contributed by atoms with Gasteiger partial charge in [0.15, 0.2) is 0 Å². The van der Waals surface area contributed by atoms with E-state index in [0.29, 0.717) is 18.5 Å². The molecule has 1 aromatic heterocycles. The van der Waals surface area contributed by atoms with Gasteiger partial charge in [0.25, 0.3) is 5.91 Å². The first-order valence-corrected chi connectivity index (χ1v) is 12.4. The van der Waals surface area contributed by atoms with Crippen LogP contribution in [0.1, 0.15) is 53.7 Å². The van der Waals surface area contributed by atoms with Crippen molar-refractivity contribution in [1.29, 1.82) is 0 Å². The lowest BCUT2D eigenvalue weighted by atomic mass is 9.94. The van der Waals surface area contributed by atoms with Crippen LogP contribution in [0.2, 0.25) is 0 Å². The minimum atomic E-state index is -0.300. The SMILES string of the molecule is CCC(NC(=O)c1c(CN2CCCC2)c(-c2ccccc2)nc2ccccc12)c1cccc(F)c1. The number of rotatable bonds is 7. The van der Waals surface area contributed by atoms with E-state index in [1.54, 1.807) is 6.07 Å². The zero-order valence-corrected chi connectivity index (χ0v) is 20.0. The summed E-state index contributed by atoms with van der Waals surface area (Å²) in [6, 6.07) is 24.1. The minimum Gasteiger partial charge on any atom is -0.345 e. The number of nitrogens with one attached hydrogen (secondary N) is 1. The summed E-state index contributed by atoms with van der Waals surface area (Å²) in [6.45, 7) is 4.70. The summed E-state index contributed by atoms with van der Waals surface area (Å²) in [7, 11) is 0. The van der Waals surface area contributed by atoms with E-state index in [9.17, 15) is 9.18 Å². The number of fused-ring (bicyclic) bond motifs is 1. The fraction of sp³-hybridized carbons (Fsp3) is 0.267. The Bertz CT molecular complexity index is 1330. The molecule has 0 saturated carbocycles. The number of halogens is 1. The van der Waals surface area contributed by atoms with Crippen molar-refractivity contribution in [2.24, 2.45) is 0 Å². The highest BCUT2D eigenvalue weighted by Gasteiger charge is 2.26. The van der Waals surface area contributed by atoms with Crippen LogP contribution in [0.4, 0.5) is 4.39 Å². The Labute approximate surface area is 205 Å². The highest BCUT2D eigenvalue weighted by molar-refractivity contribution is 6.09. The molecule has 0 aliphatic carbocycles. The Hall–Kier alpha value is -3.57. The minimum absolute atomic E-state index is 0.147. The molecular weight excluding hydrogens is 437 g/mol. The third-order valence-corrected chi connectivity index (χ3v) is 6.81. The number of nitrogens with zero attached hydrogens (tertiary/aromatic N) is 2. The van der Waals surface area contributed by atoms with Gasteiger partial charge in [-0.3, -0.25) is 9.69 Å². The molecule has 1 fully saturated rings. The van der Waals surface area contributed by atoms with Gasteiger partial charge in [-0.1, -0.05) is 67.6 Å². The van der Waals surface area contributed by atoms with Gasteiger partial charge in [0.05, 0.1) is 22.8 Å². The number of pyridine rings is 1. The average molecular weight is 468 g/mol. The van der Waals surface area contributed by atoms with Gasteiger partial charge in [-0.2, -0.15) is 0 Å². The Morgan fingerprint density at radius 3 is 2.49 bits per heavy atom. The molecule has 0 bridgehead atoms. The topological polar surface area (TPSA) is 45.2 Å². The maximum absolute atomic E-state index is 14.0. The molecule has 4 nitrogen and oxygen atoms in total. The van der Waals surface area contributed by atoms with Crippen molar-refractivity contribution >= 4 is 16.8 Å². The lowest BCUT2D eigenvalue weighted by Crippen LogP contribution is -2.31. The lowest BCUT2D eigenvalue weighted by Gasteiger charge is -2.24. The number of likely N-dealkylation sites (tertiary alicyclic amines) is 1. The van der Waals surface area contributed by atoms with Crippen molar-refractivity contribution in [3.8, 4) is 11.3 Å². The monoisotopic (exact) mass is 467 g/mol. The molecule has 1 unspecified atom stereocenters. The highest BCUT2D eigenvalue weighted by atomic mass is 19.1. The number of amides is 1. The second-order valence-electron chi connectivity index (χ2n) is 9.17. The van der Waals surface area contributed by atoms with Gasteiger partial charge in [0, 0.05) is 23.1 Å². The van der Waals surface area contributed by atoms with Crippen LogP contribution in [0, 0.1) is 5.82 Å². The summed E-state index contributed by atoms with van der Waals surface area (Å²) >= 11 is 0. The van der Waals surface area contributed by atoms with Gasteiger partial charge in [-0.25, -0.2) is 9.37 Å². The van der Waals surface area contributed by atoms with Gasteiger partial charge in [0.2, 0.25) is 0 Å². The number of carbonyl (C=O) groups excluding carboxylic acids is 1. The van der Waals surface area contributed by atoms with E-state index in [2.05, 4.69) is 10.2 Å². The number of hydrogen-bond acceptors (Lipinski definition) is 3. The van der Waals surface area contributed by atoms with E-state index in [1.807, 2.05) is 67.6 Å². The van der Waals surface area contributed by atoms with E-state index >= 15 is 0 Å². The van der Waals surface area contributed by atoms with Gasteiger partial charge in [-0.15, -0.1) is 0 Å². The molecule has 1 aliphatic heterocycles. The fourth-order valence-electron chi connectivity index (χ4n) is 5.04. The lowest BCUT2D eigenvalue weighted by molar-refractivity contribution is 0.0935. The van der Waals surface area contributed by atoms with Crippen molar-refractivity contribution in [3.63, 3.8) is 0 Å². The van der Waals surface area contributed by atoms with Crippen molar-refractivity contribution in [2.75, 3.05) is 13.1 Å². The maximum Gasteiger partial charge on any atom is 0.252 e. The summed E-state index contributed by atoms with van der Waals surface area (Å²) in [6.07, 6.45) is 2.99. The van der Waals surface area contributed by atoms with Crippen LogP contribution >= 0.6 is 0 Å². The number of carbonyl (C=O) groups is 1. The molecule has 4 aromatic rings. The Kier molecular flexibility index (Phi) is 6.87. The molecule has 1 N–H and O–H groups in total. The molecule has 5 rings (SSSR count). The molecule has 2 heterocycles. The molecule has 35 heavy (non-hydrogen) atoms. The predicted molar refractivity (Wildman–Crippen MR) is 139 cm³/mol. The van der Waals surface area contributed by atoms with Crippen molar-refractivity contribution in [1.82, 2.24) is 15.2 Å². The second-order valence-corrected chi connectivity index (χ2v) is 9.17. The number of benzene rings is 3. The standard InChI is InChI=1S/C30H30FN3O/c1-2-26(22-13-10-14-23(31)19-22)33-30(35)28-24-15-6-7-16-27(24)32-29(21-11-4-3-5-12-21)25(28)20-34-17-8-9-18-34/h3-7,10-16,19,26H,2,8-9,17-18,20H2,1H3,(H,33,35). The molecule has 0 spiro atoms. The molecule has 0 radical (unpaired) electrons. The van der Waals surface area contributed by atoms with Gasteiger partial charge < -0.3 is 5.32 Å². The van der Waals surface area contributed by atoms with Gasteiger partial charge >= 0.3 is 0 Å². The van der Waals surface area contributed by atoms with Crippen molar-refractivity contribution < 1.29 is 9.18 Å². The van der Waals surface area contributed by atoms with E-state index in [4.69, 9.17) is 4.98 Å². The molecule has 1 saturated heterocycles. The van der Waals surface area contributed by atoms with Crippen LogP contribution in [0.5, 0.6) is 0 Å². The Morgan fingerprint density at radius 1 is 1.00 bits per heavy atom. The average Bonchev–Trinajstić information content (AvgIpc) is 3.40. The number of para-hydroxylation sites is 1. The van der Waals surface area contributed by atoms with E-state index < -0.39 is 0 Å². The Balaban J connectivity index is 1.65. The molecule has 178 valence electrons. The summed E-state index contributed by atoms with van der Waals surface area (Å²) in [4.78, 5) is 21.5. The molecular formula is C30H30FN3O. The maximum atomic E-state index is 14.0. The van der Waals surface area contributed by atoms with Gasteiger partial charge in [0.1, 0.15) is 5.82 Å². The van der Waals surface area contributed by atoms with E-state index in [1.165, 1.54) is 25.0 Å². The largest absolute Gasteiger partial charge is 0.345 e. The van der Waals surface area contributed by atoms with Crippen molar-refractivity contribution in [2.45, 2.75) is 38.8 Å². The number of hydrogen-bond donors (Lipinski definition) is 1. The zero-order valence-electron chi connectivity index (χ0n) is 20.0. The zero-order chi connectivity index (χ0) is 24.2. The highest BCUT2D eigenvalue weighted by Crippen LogP contribution is 2.33. The van der Waals surface area contributed by atoms with Crippen LogP contribution in [0.25, 0.3) is 22.2 Å². The van der Waals surface area contributed by atoms with Crippen molar-refractivity contribution in [3.05, 3.63) is 101 Å². The van der Waals surface area contributed by atoms with E-state index in [-0.39, 0.29) is 17.8 Å². The number of aromatic nitrogens is 1. The van der Waals surface area contributed by atoms with Crippen LogP contribution in [0.3, 0.4) is 0 Å². The third kappa shape index (κ3) is 4.96.